The van der Waals surface area contributed by atoms with Crippen molar-refractivity contribution in [1.29, 1.82) is 0 Å². The van der Waals surface area contributed by atoms with Crippen LogP contribution in [0.1, 0.15) is 103 Å². The summed E-state index contributed by atoms with van der Waals surface area (Å²) in [5, 5.41) is 18.2. The molecule has 7 nitrogen and oxygen atoms in total. The highest BCUT2D eigenvalue weighted by molar-refractivity contribution is 5.72. The van der Waals surface area contributed by atoms with Crippen molar-refractivity contribution in [2.45, 2.75) is 115 Å². The summed E-state index contributed by atoms with van der Waals surface area (Å²) in [6.45, 7) is 3.08. The lowest BCUT2D eigenvalue weighted by molar-refractivity contribution is -0.152. The normalized spacial score (nSPS) is 35.5. The Bertz CT molecular complexity index is 602. The Labute approximate surface area is 237 Å². The third-order valence-corrected chi connectivity index (χ3v) is 10.1. The minimum atomic E-state index is -0.0183. The van der Waals surface area contributed by atoms with Crippen LogP contribution in [0.25, 0.3) is 0 Å². The lowest BCUT2D eigenvalue weighted by Crippen LogP contribution is -2.28. The summed E-state index contributed by atoms with van der Waals surface area (Å²) >= 11 is 0. The van der Waals surface area contributed by atoms with Gasteiger partial charge >= 0.3 is 5.97 Å². The van der Waals surface area contributed by atoms with Gasteiger partial charge in [0.1, 0.15) is 0 Å². The Morgan fingerprint density at radius 2 is 0.897 bits per heavy atom. The van der Waals surface area contributed by atoms with Crippen molar-refractivity contribution in [3.05, 3.63) is 0 Å². The average molecular weight is 555 g/mol. The molecule has 4 aliphatic carbocycles. The maximum Gasteiger partial charge on any atom is 0.308 e. The van der Waals surface area contributed by atoms with E-state index in [0.29, 0.717) is 43.2 Å². The van der Waals surface area contributed by atoms with Crippen LogP contribution in [0, 0.1) is 35.5 Å². The number of hydrogen-bond acceptors (Lipinski definition) is 7. The molecule has 0 saturated heterocycles. The molecule has 0 spiro atoms. The van der Waals surface area contributed by atoms with Crippen molar-refractivity contribution in [1.82, 2.24) is 0 Å². The molecular weight excluding hydrogens is 496 g/mol. The van der Waals surface area contributed by atoms with Gasteiger partial charge in [-0.15, -0.1) is 0 Å². The first-order valence-corrected chi connectivity index (χ1v) is 16.1. The van der Waals surface area contributed by atoms with Crippen molar-refractivity contribution in [2.24, 2.45) is 35.5 Å². The summed E-state index contributed by atoms with van der Waals surface area (Å²) in [4.78, 5) is 12.0. The van der Waals surface area contributed by atoms with Crippen molar-refractivity contribution in [2.75, 3.05) is 47.3 Å². The van der Waals surface area contributed by atoms with Crippen LogP contribution in [0.4, 0.5) is 0 Å². The van der Waals surface area contributed by atoms with Gasteiger partial charge < -0.3 is 29.2 Å². The van der Waals surface area contributed by atoms with Crippen molar-refractivity contribution < 1.29 is 34.0 Å². The first-order valence-electron chi connectivity index (χ1n) is 16.1. The predicted octanol–water partition coefficient (Wildman–Crippen LogP) is 5.54. The second kappa shape index (κ2) is 18.7. The third-order valence-electron chi connectivity index (χ3n) is 10.1. The number of aliphatic hydroxyl groups excluding tert-OH is 2. The van der Waals surface area contributed by atoms with Gasteiger partial charge in [-0.3, -0.25) is 4.79 Å². The van der Waals surface area contributed by atoms with Gasteiger partial charge in [0, 0.05) is 40.6 Å². The molecule has 0 unspecified atom stereocenters. The number of methoxy groups -OCH3 is 2. The van der Waals surface area contributed by atoms with Gasteiger partial charge in [-0.05, 0) is 132 Å². The van der Waals surface area contributed by atoms with Crippen LogP contribution in [-0.4, -0.2) is 75.6 Å². The zero-order chi connectivity index (χ0) is 27.9. The minimum absolute atomic E-state index is 0.0183. The van der Waals surface area contributed by atoms with E-state index < -0.39 is 0 Å². The lowest BCUT2D eigenvalue weighted by atomic mass is 9.82. The number of ether oxygens (including phenoxy) is 4. The number of rotatable bonds is 11. The number of carbonyl (C=O) groups is 1. The van der Waals surface area contributed by atoms with E-state index in [2.05, 4.69) is 0 Å². The van der Waals surface area contributed by atoms with Crippen LogP contribution in [0.5, 0.6) is 0 Å². The van der Waals surface area contributed by atoms with E-state index in [1.165, 1.54) is 51.4 Å². The Morgan fingerprint density at radius 1 is 0.538 bits per heavy atom. The van der Waals surface area contributed by atoms with E-state index in [9.17, 15) is 4.79 Å². The molecule has 0 aromatic carbocycles. The number of esters is 1. The van der Waals surface area contributed by atoms with E-state index in [0.717, 1.165) is 76.4 Å². The molecule has 0 heterocycles. The largest absolute Gasteiger partial charge is 0.465 e. The summed E-state index contributed by atoms with van der Waals surface area (Å²) in [5.74, 6) is 2.99. The summed E-state index contributed by atoms with van der Waals surface area (Å²) in [6, 6.07) is 0. The number of hydrogen-bond donors (Lipinski definition) is 2. The molecule has 0 radical (unpaired) electrons. The zero-order valence-corrected chi connectivity index (χ0v) is 24.9. The van der Waals surface area contributed by atoms with Crippen LogP contribution in [-0.2, 0) is 23.7 Å². The molecule has 0 amide bonds. The van der Waals surface area contributed by atoms with Crippen molar-refractivity contribution in [3.8, 4) is 0 Å². The Balaban J connectivity index is 0.000000216. The summed E-state index contributed by atoms with van der Waals surface area (Å²) in [6.07, 6.45) is 18.7. The Hall–Kier alpha value is -0.730. The second-order valence-electron chi connectivity index (χ2n) is 12.9. The van der Waals surface area contributed by atoms with Crippen molar-refractivity contribution >= 4 is 5.97 Å². The summed E-state index contributed by atoms with van der Waals surface area (Å²) in [7, 11) is 3.60. The first-order chi connectivity index (χ1) is 19.0. The van der Waals surface area contributed by atoms with Crippen molar-refractivity contribution in [3.63, 3.8) is 0 Å². The van der Waals surface area contributed by atoms with Gasteiger partial charge in [0.15, 0.2) is 0 Å². The van der Waals surface area contributed by atoms with Crippen LogP contribution in [0.15, 0.2) is 0 Å². The molecule has 0 aromatic rings. The molecule has 4 fully saturated rings. The number of aliphatic hydroxyl groups is 2. The third kappa shape index (κ3) is 12.0. The smallest absolute Gasteiger partial charge is 0.308 e. The molecule has 4 aliphatic rings. The fraction of sp³-hybridized carbons (Fsp3) is 0.969. The van der Waals surface area contributed by atoms with E-state index in [-0.39, 0.29) is 18.5 Å². The Morgan fingerprint density at radius 3 is 1.31 bits per heavy atom. The molecule has 0 atom stereocenters. The molecule has 4 saturated carbocycles. The number of carbonyl (C=O) groups excluding carboxylic acids is 1. The van der Waals surface area contributed by atoms with Gasteiger partial charge in [-0.1, -0.05) is 0 Å². The maximum atomic E-state index is 12.0. The SMILES string of the molecule is COC1CCC(COC(=O)C2CCC(CO)CC2)CC1.COC1CCC(COCC2CCC(CO)CC2)CC1. The lowest BCUT2D eigenvalue weighted by Gasteiger charge is -2.29. The summed E-state index contributed by atoms with van der Waals surface area (Å²) < 4.78 is 22.2. The van der Waals surface area contributed by atoms with Gasteiger partial charge in [0.2, 0.25) is 0 Å². The Kier molecular flexibility index (Phi) is 15.7. The topological polar surface area (TPSA) is 94.5 Å². The summed E-state index contributed by atoms with van der Waals surface area (Å²) in [5.41, 5.74) is 0. The maximum absolute atomic E-state index is 12.0. The average Bonchev–Trinajstić information content (AvgIpc) is 3.01. The van der Waals surface area contributed by atoms with Crippen LogP contribution >= 0.6 is 0 Å². The fourth-order valence-corrected chi connectivity index (χ4v) is 6.95. The van der Waals surface area contributed by atoms with E-state index in [4.69, 9.17) is 29.2 Å². The molecule has 2 N–H and O–H groups in total. The highest BCUT2D eigenvalue weighted by Gasteiger charge is 2.29. The molecule has 4 rings (SSSR count). The first kappa shape index (κ1) is 32.8. The van der Waals surface area contributed by atoms with Gasteiger partial charge in [0.25, 0.3) is 0 Å². The molecule has 0 aliphatic heterocycles. The predicted molar refractivity (Wildman–Crippen MR) is 152 cm³/mol. The van der Waals surface area contributed by atoms with Crippen LogP contribution in [0.3, 0.4) is 0 Å². The van der Waals surface area contributed by atoms with Gasteiger partial charge in [-0.2, -0.15) is 0 Å². The zero-order valence-electron chi connectivity index (χ0n) is 24.9. The van der Waals surface area contributed by atoms with E-state index >= 15 is 0 Å². The molecular formula is C32H58O7. The fourth-order valence-electron chi connectivity index (χ4n) is 6.95. The van der Waals surface area contributed by atoms with Gasteiger partial charge in [-0.25, -0.2) is 0 Å². The molecule has 228 valence electrons. The van der Waals surface area contributed by atoms with E-state index in [1.807, 2.05) is 7.11 Å². The van der Waals surface area contributed by atoms with Crippen LogP contribution < -0.4 is 0 Å². The van der Waals surface area contributed by atoms with Crippen LogP contribution in [0.2, 0.25) is 0 Å². The highest BCUT2D eigenvalue weighted by Crippen LogP contribution is 2.32. The molecule has 0 aromatic heterocycles. The highest BCUT2D eigenvalue weighted by atomic mass is 16.5. The molecule has 0 bridgehead atoms. The second-order valence-corrected chi connectivity index (χ2v) is 12.9. The monoisotopic (exact) mass is 554 g/mol. The quantitative estimate of drug-likeness (QED) is 0.324. The molecule has 7 heteroatoms. The standard InChI is InChI=1S/C16H28O4.C16H30O3/c1-19-15-8-4-13(5-9-15)11-20-16(18)14-6-2-12(10-17)3-7-14;1-18-16-8-6-15(7-9-16)12-19-11-14-4-2-13(10-17)3-5-14/h12-15,17H,2-11H2,1H3;13-17H,2-12H2,1H3. The van der Waals surface area contributed by atoms with Gasteiger partial charge in [0.05, 0.1) is 24.7 Å². The minimum Gasteiger partial charge on any atom is -0.465 e. The molecule has 39 heavy (non-hydrogen) atoms. The van der Waals surface area contributed by atoms with E-state index in [1.54, 1.807) is 7.11 Å².